The maximum atomic E-state index is 10.5. The van der Waals surface area contributed by atoms with E-state index in [1.54, 1.807) is 0 Å². The summed E-state index contributed by atoms with van der Waals surface area (Å²) in [5.74, 6) is -0.704. The molecule has 0 fully saturated rings. The van der Waals surface area contributed by atoms with Crippen molar-refractivity contribution in [2.45, 2.75) is 20.8 Å². The van der Waals surface area contributed by atoms with Crippen LogP contribution in [0, 0.1) is 0 Å². The molecule has 0 aliphatic heterocycles. The van der Waals surface area contributed by atoms with Gasteiger partial charge in [0.05, 0.1) is 0 Å². The van der Waals surface area contributed by atoms with Crippen molar-refractivity contribution in [3.05, 3.63) is 0 Å². The van der Waals surface area contributed by atoms with E-state index in [-0.39, 0.29) is 24.4 Å². The summed E-state index contributed by atoms with van der Waals surface area (Å²) in [5, 5.41) is 0. The number of rotatable bonds is 6. The van der Waals surface area contributed by atoms with Gasteiger partial charge in [0.25, 0.3) is 9.04 Å². The monoisotopic (exact) mass is 219 g/mol. The van der Waals surface area contributed by atoms with Crippen LogP contribution in [0.5, 0.6) is 0 Å². The average molecular weight is 219 g/mol. The maximum absolute atomic E-state index is 10.5. The molecule has 0 unspecified atom stereocenters. The zero-order valence-corrected chi connectivity index (χ0v) is 9.66. The summed E-state index contributed by atoms with van der Waals surface area (Å²) in [6, 6.07) is 0. The third kappa shape index (κ3) is 7.75. The predicted molar refractivity (Wildman–Crippen MR) is 50.6 cm³/mol. The molecule has 1 radical (unpaired) electrons. The minimum atomic E-state index is -1.37. The van der Waals surface area contributed by atoms with Crippen molar-refractivity contribution in [3.63, 3.8) is 0 Å². The zero-order chi connectivity index (χ0) is 11.0. The second-order valence-electron chi connectivity index (χ2n) is 2.53. The third-order valence-electron chi connectivity index (χ3n) is 1.22. The lowest BCUT2D eigenvalue weighted by Gasteiger charge is -2.13. The van der Waals surface area contributed by atoms with E-state index in [1.165, 1.54) is 13.8 Å². The van der Waals surface area contributed by atoms with E-state index in [0.717, 1.165) is 0 Å². The first kappa shape index (κ1) is 13.1. The van der Waals surface area contributed by atoms with Crippen molar-refractivity contribution < 1.29 is 23.5 Å². The van der Waals surface area contributed by atoms with Crippen LogP contribution in [0.4, 0.5) is 0 Å². The Bertz CT molecular complexity index is 176. The molecule has 0 aromatic rings. The predicted octanol–water partition coefficient (Wildman–Crippen LogP) is 0.219. The van der Waals surface area contributed by atoms with Crippen LogP contribution in [0.15, 0.2) is 0 Å². The molecule has 0 atom stereocenters. The zero-order valence-electron chi connectivity index (χ0n) is 8.66. The molecule has 0 amide bonds. The van der Waals surface area contributed by atoms with Crippen molar-refractivity contribution >= 4 is 21.0 Å². The number of ether oxygens (including phenoxy) is 2. The first-order valence-corrected chi connectivity index (χ1v) is 6.12. The highest BCUT2D eigenvalue weighted by atomic mass is 28.3. The van der Waals surface area contributed by atoms with Gasteiger partial charge in [-0.1, -0.05) is 0 Å². The summed E-state index contributed by atoms with van der Waals surface area (Å²) in [6.07, 6.45) is 0.419. The van der Waals surface area contributed by atoms with Crippen molar-refractivity contribution in [1.82, 2.24) is 0 Å². The highest BCUT2D eigenvalue weighted by Gasteiger charge is 2.16. The number of esters is 2. The van der Waals surface area contributed by atoms with E-state index in [1.807, 2.05) is 6.92 Å². The van der Waals surface area contributed by atoms with Crippen molar-refractivity contribution in [2.24, 2.45) is 0 Å². The fourth-order valence-corrected chi connectivity index (χ4v) is 2.08. The van der Waals surface area contributed by atoms with Gasteiger partial charge < -0.3 is 13.9 Å². The molecule has 0 heterocycles. The molecule has 81 valence electrons. The molecule has 0 saturated carbocycles. The van der Waals surface area contributed by atoms with Gasteiger partial charge in [0.2, 0.25) is 0 Å². The number of carbonyl (C=O) groups is 2. The number of hydrogen-bond acceptors (Lipinski definition) is 5. The summed E-state index contributed by atoms with van der Waals surface area (Å²) in [6.45, 7) is 5.03. The summed E-state index contributed by atoms with van der Waals surface area (Å²) in [4.78, 5) is 21.0. The molecule has 0 spiro atoms. The molecule has 0 aromatic carbocycles. The van der Waals surface area contributed by atoms with Crippen molar-refractivity contribution in [1.29, 1.82) is 0 Å². The molecule has 0 aliphatic carbocycles. The van der Waals surface area contributed by atoms with Gasteiger partial charge in [0.1, 0.15) is 12.5 Å². The van der Waals surface area contributed by atoms with Crippen LogP contribution in [0.2, 0.25) is 0 Å². The Labute approximate surface area is 85.1 Å². The Kier molecular flexibility index (Phi) is 7.04. The highest BCUT2D eigenvalue weighted by Crippen LogP contribution is 1.91. The molecule has 6 heteroatoms. The number of carbonyl (C=O) groups excluding carboxylic acids is 2. The topological polar surface area (TPSA) is 61.8 Å². The third-order valence-corrected chi connectivity index (χ3v) is 2.85. The van der Waals surface area contributed by atoms with Crippen molar-refractivity contribution in [3.8, 4) is 0 Å². The SMILES string of the molecule is CCO[Si](COC(C)=O)COC(C)=O. The Morgan fingerprint density at radius 3 is 1.79 bits per heavy atom. The number of hydrogen-bond donors (Lipinski definition) is 0. The highest BCUT2D eigenvalue weighted by molar-refractivity contribution is 6.51. The van der Waals surface area contributed by atoms with Crippen LogP contribution in [0.25, 0.3) is 0 Å². The van der Waals surface area contributed by atoms with Gasteiger partial charge >= 0.3 is 11.9 Å². The van der Waals surface area contributed by atoms with Crippen LogP contribution < -0.4 is 0 Å². The van der Waals surface area contributed by atoms with Crippen LogP contribution in [-0.2, 0) is 23.5 Å². The van der Waals surface area contributed by atoms with Gasteiger partial charge in [0.15, 0.2) is 0 Å². The standard InChI is InChI=1S/C8H15O5Si/c1-4-13-14(5-11-7(2)9)6-12-8(3)10/h4-6H2,1-3H3. The van der Waals surface area contributed by atoms with Crippen molar-refractivity contribution in [2.75, 3.05) is 19.1 Å². The van der Waals surface area contributed by atoms with Gasteiger partial charge in [-0.05, 0) is 6.92 Å². The van der Waals surface area contributed by atoms with E-state index in [4.69, 9.17) is 13.9 Å². The molecule has 5 nitrogen and oxygen atoms in total. The first-order chi connectivity index (χ1) is 6.56. The molecule has 0 N–H and O–H groups in total. The molecule has 0 rings (SSSR count). The maximum Gasteiger partial charge on any atom is 0.302 e. The van der Waals surface area contributed by atoms with Crippen LogP contribution in [-0.4, -0.2) is 40.0 Å². The lowest BCUT2D eigenvalue weighted by atomic mass is 10.8. The molecular formula is C8H15O5Si. The Balaban J connectivity index is 3.76. The quantitative estimate of drug-likeness (QED) is 0.472. The second kappa shape index (κ2) is 7.51. The molecule has 0 aliphatic rings. The minimum Gasteiger partial charge on any atom is -0.467 e. The average Bonchev–Trinajstić information content (AvgIpc) is 2.09. The molecule has 0 bridgehead atoms. The van der Waals surface area contributed by atoms with Gasteiger partial charge in [-0.25, -0.2) is 0 Å². The van der Waals surface area contributed by atoms with Gasteiger partial charge in [-0.2, -0.15) is 0 Å². The van der Waals surface area contributed by atoms with Gasteiger partial charge in [-0.3, -0.25) is 9.59 Å². The lowest BCUT2D eigenvalue weighted by molar-refractivity contribution is -0.139. The van der Waals surface area contributed by atoms with E-state index < -0.39 is 9.04 Å². The minimum absolute atomic E-state index is 0.209. The Morgan fingerprint density at radius 2 is 1.50 bits per heavy atom. The summed E-state index contributed by atoms with van der Waals surface area (Å²) in [5.41, 5.74) is 0. The fourth-order valence-electron chi connectivity index (χ4n) is 0.693. The summed E-state index contributed by atoms with van der Waals surface area (Å²) < 4.78 is 14.8. The fraction of sp³-hybridized carbons (Fsp3) is 0.750. The smallest absolute Gasteiger partial charge is 0.302 e. The van der Waals surface area contributed by atoms with Crippen LogP contribution in [0.3, 0.4) is 0 Å². The van der Waals surface area contributed by atoms with E-state index in [2.05, 4.69) is 0 Å². The normalized spacial score (nSPS) is 10.0. The summed E-state index contributed by atoms with van der Waals surface area (Å²) >= 11 is 0. The molecular weight excluding hydrogens is 204 g/mol. The Hall–Kier alpha value is -0.883. The van der Waals surface area contributed by atoms with Crippen LogP contribution >= 0.6 is 0 Å². The molecule has 0 saturated heterocycles. The lowest BCUT2D eigenvalue weighted by Crippen LogP contribution is -2.33. The van der Waals surface area contributed by atoms with E-state index in [0.29, 0.717) is 6.61 Å². The first-order valence-electron chi connectivity index (χ1n) is 4.30. The van der Waals surface area contributed by atoms with Gasteiger partial charge in [-0.15, -0.1) is 0 Å². The van der Waals surface area contributed by atoms with E-state index in [9.17, 15) is 9.59 Å². The van der Waals surface area contributed by atoms with Crippen LogP contribution in [0.1, 0.15) is 20.8 Å². The molecule has 14 heavy (non-hydrogen) atoms. The second-order valence-corrected chi connectivity index (χ2v) is 4.48. The largest absolute Gasteiger partial charge is 0.467 e. The van der Waals surface area contributed by atoms with Gasteiger partial charge in [0, 0.05) is 20.5 Å². The Morgan fingerprint density at radius 1 is 1.07 bits per heavy atom. The summed E-state index contributed by atoms with van der Waals surface area (Å²) in [7, 11) is -1.37. The molecule has 0 aromatic heterocycles. The van der Waals surface area contributed by atoms with E-state index >= 15 is 0 Å².